The van der Waals surface area contributed by atoms with Gasteiger partial charge in [0.2, 0.25) is 0 Å². The lowest BCUT2D eigenvalue weighted by atomic mass is 10.4. The van der Waals surface area contributed by atoms with Crippen LogP contribution in [-0.4, -0.2) is 41.5 Å². The molecule has 17 heavy (non-hydrogen) atoms. The molecule has 4 nitrogen and oxygen atoms in total. The Balaban J connectivity index is 3.66. The number of hydrogen-bond donors (Lipinski definition) is 0. The zero-order valence-electron chi connectivity index (χ0n) is 10.4. The van der Waals surface area contributed by atoms with Gasteiger partial charge in [-0.3, -0.25) is 9.59 Å². The standard InChI is InChI=1S/C11H19ClO4S/c1-4-5-15-10(13)7-17-6-9(12)11(14)16-8(2)3/h8-9H,4-7H2,1-3H3. The predicted molar refractivity (Wildman–Crippen MR) is 69.4 cm³/mol. The lowest BCUT2D eigenvalue weighted by molar-refractivity contribution is -0.146. The van der Waals surface area contributed by atoms with Crippen LogP contribution in [0.5, 0.6) is 0 Å². The molecule has 0 bridgehead atoms. The van der Waals surface area contributed by atoms with Crippen LogP contribution in [0.25, 0.3) is 0 Å². The maximum Gasteiger partial charge on any atom is 0.325 e. The summed E-state index contributed by atoms with van der Waals surface area (Å²) < 4.78 is 9.81. The summed E-state index contributed by atoms with van der Waals surface area (Å²) in [5.41, 5.74) is 0. The van der Waals surface area contributed by atoms with Crippen LogP contribution in [-0.2, 0) is 19.1 Å². The van der Waals surface area contributed by atoms with E-state index in [4.69, 9.17) is 21.1 Å². The zero-order chi connectivity index (χ0) is 13.3. The van der Waals surface area contributed by atoms with Crippen LogP contribution < -0.4 is 0 Å². The molecule has 0 fully saturated rings. The van der Waals surface area contributed by atoms with E-state index in [2.05, 4.69) is 0 Å². The monoisotopic (exact) mass is 282 g/mol. The topological polar surface area (TPSA) is 52.6 Å². The van der Waals surface area contributed by atoms with Gasteiger partial charge in [-0.15, -0.1) is 23.4 Å². The minimum absolute atomic E-state index is 0.178. The van der Waals surface area contributed by atoms with Crippen LogP contribution in [0.4, 0.5) is 0 Å². The third-order valence-electron chi connectivity index (χ3n) is 1.56. The normalized spacial score (nSPS) is 12.3. The first-order valence-corrected chi connectivity index (χ1v) is 7.14. The SMILES string of the molecule is CCCOC(=O)CSCC(Cl)C(=O)OC(C)C. The number of alkyl halides is 1. The maximum absolute atomic E-state index is 11.3. The Kier molecular flexibility index (Phi) is 9.36. The number of hydrogen-bond acceptors (Lipinski definition) is 5. The van der Waals surface area contributed by atoms with Crippen LogP contribution in [0.15, 0.2) is 0 Å². The molecule has 0 aromatic heterocycles. The number of rotatable bonds is 8. The Morgan fingerprint density at radius 3 is 2.53 bits per heavy atom. The first-order valence-electron chi connectivity index (χ1n) is 5.55. The van der Waals surface area contributed by atoms with E-state index in [0.29, 0.717) is 12.4 Å². The van der Waals surface area contributed by atoms with Crippen molar-refractivity contribution in [2.24, 2.45) is 0 Å². The summed E-state index contributed by atoms with van der Waals surface area (Å²) in [6, 6.07) is 0. The highest BCUT2D eigenvalue weighted by Crippen LogP contribution is 2.11. The van der Waals surface area contributed by atoms with Crippen molar-refractivity contribution in [3.05, 3.63) is 0 Å². The molecule has 1 unspecified atom stereocenters. The summed E-state index contributed by atoms with van der Waals surface area (Å²) in [6.45, 7) is 5.88. The van der Waals surface area contributed by atoms with Gasteiger partial charge in [0.25, 0.3) is 0 Å². The molecule has 0 saturated heterocycles. The van der Waals surface area contributed by atoms with Gasteiger partial charge < -0.3 is 9.47 Å². The maximum atomic E-state index is 11.3. The minimum Gasteiger partial charge on any atom is -0.465 e. The van der Waals surface area contributed by atoms with Crippen molar-refractivity contribution in [3.8, 4) is 0 Å². The third kappa shape index (κ3) is 9.30. The zero-order valence-corrected chi connectivity index (χ0v) is 12.0. The van der Waals surface area contributed by atoms with Crippen LogP contribution in [0.2, 0.25) is 0 Å². The Morgan fingerprint density at radius 2 is 2.00 bits per heavy atom. The largest absolute Gasteiger partial charge is 0.465 e. The van der Waals surface area contributed by atoms with Gasteiger partial charge in [0.05, 0.1) is 18.5 Å². The van der Waals surface area contributed by atoms with Gasteiger partial charge in [0.1, 0.15) is 5.38 Å². The molecule has 0 aliphatic heterocycles. The van der Waals surface area contributed by atoms with Crippen molar-refractivity contribution in [3.63, 3.8) is 0 Å². The molecule has 0 aliphatic rings. The van der Waals surface area contributed by atoms with Crippen molar-refractivity contribution in [2.45, 2.75) is 38.7 Å². The molecule has 0 N–H and O–H groups in total. The molecule has 0 aliphatic carbocycles. The summed E-state index contributed by atoms with van der Waals surface area (Å²) in [5, 5.41) is -0.721. The van der Waals surface area contributed by atoms with Gasteiger partial charge >= 0.3 is 11.9 Å². The van der Waals surface area contributed by atoms with Gasteiger partial charge in [0, 0.05) is 5.75 Å². The summed E-state index contributed by atoms with van der Waals surface area (Å²) in [7, 11) is 0. The van der Waals surface area contributed by atoms with Crippen molar-refractivity contribution < 1.29 is 19.1 Å². The average molecular weight is 283 g/mol. The first-order chi connectivity index (χ1) is 7.97. The van der Waals surface area contributed by atoms with Crippen molar-refractivity contribution >= 4 is 35.3 Å². The second kappa shape index (κ2) is 9.59. The molecular formula is C11H19ClO4S. The molecule has 0 radical (unpaired) electrons. The van der Waals surface area contributed by atoms with E-state index in [9.17, 15) is 9.59 Å². The average Bonchev–Trinajstić information content (AvgIpc) is 2.25. The van der Waals surface area contributed by atoms with E-state index in [-0.39, 0.29) is 17.8 Å². The van der Waals surface area contributed by atoms with E-state index < -0.39 is 11.3 Å². The molecule has 0 heterocycles. The van der Waals surface area contributed by atoms with E-state index in [1.807, 2.05) is 6.92 Å². The Bertz CT molecular complexity index is 246. The van der Waals surface area contributed by atoms with Crippen LogP contribution in [0, 0.1) is 0 Å². The molecule has 1 atom stereocenters. The number of carbonyl (C=O) groups excluding carboxylic acids is 2. The Morgan fingerprint density at radius 1 is 1.35 bits per heavy atom. The first kappa shape index (κ1) is 16.6. The number of ether oxygens (including phenoxy) is 2. The fraction of sp³-hybridized carbons (Fsp3) is 0.818. The lowest BCUT2D eigenvalue weighted by Gasteiger charge is -2.11. The fourth-order valence-corrected chi connectivity index (χ4v) is 1.91. The van der Waals surface area contributed by atoms with Crippen LogP contribution in [0.3, 0.4) is 0 Å². The Labute approximate surface area is 111 Å². The molecule has 0 aromatic carbocycles. The van der Waals surface area contributed by atoms with E-state index in [1.165, 1.54) is 11.8 Å². The molecule has 0 saturated carbocycles. The number of thioether (sulfide) groups is 1. The second-order valence-corrected chi connectivity index (χ2v) is 5.25. The molecule has 0 spiro atoms. The van der Waals surface area contributed by atoms with Gasteiger partial charge in [-0.05, 0) is 20.3 Å². The van der Waals surface area contributed by atoms with E-state index >= 15 is 0 Å². The Hall–Kier alpha value is -0.420. The van der Waals surface area contributed by atoms with Crippen molar-refractivity contribution in [1.29, 1.82) is 0 Å². The van der Waals surface area contributed by atoms with E-state index in [0.717, 1.165) is 6.42 Å². The van der Waals surface area contributed by atoms with Gasteiger partial charge in [-0.1, -0.05) is 6.92 Å². The number of carbonyl (C=O) groups is 2. The number of halogens is 1. The van der Waals surface area contributed by atoms with Gasteiger partial charge in [-0.2, -0.15) is 0 Å². The van der Waals surface area contributed by atoms with Crippen LogP contribution in [0.1, 0.15) is 27.2 Å². The summed E-state index contributed by atoms with van der Waals surface area (Å²) in [6.07, 6.45) is 0.623. The highest BCUT2D eigenvalue weighted by Gasteiger charge is 2.18. The van der Waals surface area contributed by atoms with Crippen LogP contribution >= 0.6 is 23.4 Å². The van der Waals surface area contributed by atoms with Crippen molar-refractivity contribution in [1.82, 2.24) is 0 Å². The fourth-order valence-electron chi connectivity index (χ4n) is 0.877. The smallest absolute Gasteiger partial charge is 0.325 e. The minimum atomic E-state index is -0.721. The van der Waals surface area contributed by atoms with Crippen molar-refractivity contribution in [2.75, 3.05) is 18.1 Å². The summed E-state index contributed by atoms with van der Waals surface area (Å²) >= 11 is 7.08. The molecule has 100 valence electrons. The highest BCUT2D eigenvalue weighted by molar-refractivity contribution is 8.00. The lowest BCUT2D eigenvalue weighted by Crippen LogP contribution is -2.24. The molecule has 0 rings (SSSR count). The van der Waals surface area contributed by atoms with Gasteiger partial charge in [0.15, 0.2) is 0 Å². The molecule has 6 heteroatoms. The molecular weight excluding hydrogens is 264 g/mol. The summed E-state index contributed by atoms with van der Waals surface area (Å²) in [4.78, 5) is 22.4. The highest BCUT2D eigenvalue weighted by atomic mass is 35.5. The third-order valence-corrected chi connectivity index (χ3v) is 3.08. The molecule has 0 aromatic rings. The van der Waals surface area contributed by atoms with E-state index in [1.54, 1.807) is 13.8 Å². The second-order valence-electron chi connectivity index (χ2n) is 3.69. The van der Waals surface area contributed by atoms with Gasteiger partial charge in [-0.25, -0.2) is 0 Å². The molecule has 0 amide bonds. The number of esters is 2. The summed E-state index contributed by atoms with van der Waals surface area (Å²) in [5.74, 6) is -0.180. The quantitative estimate of drug-likeness (QED) is 0.505. The predicted octanol–water partition coefficient (Wildman–Crippen LogP) is 2.23.